The zero-order valence-corrected chi connectivity index (χ0v) is 24.5. The first kappa shape index (κ1) is 27.9. The molecule has 3 heterocycles. The number of sulfone groups is 1. The molecule has 11 nitrogen and oxygen atoms in total. The number of ether oxygens (including phenoxy) is 2. The van der Waals surface area contributed by atoms with Crippen molar-refractivity contribution in [2.75, 3.05) is 30.0 Å². The molecule has 4 aromatic rings. The Morgan fingerprint density at radius 3 is 2.48 bits per heavy atom. The highest BCUT2D eigenvalue weighted by molar-refractivity contribution is 7.92. The predicted octanol–water partition coefficient (Wildman–Crippen LogP) is 4.48. The lowest BCUT2D eigenvalue weighted by Gasteiger charge is -2.34. The first-order chi connectivity index (χ1) is 20.2. The van der Waals surface area contributed by atoms with Crippen LogP contribution in [0.3, 0.4) is 0 Å². The Labute approximate surface area is 244 Å². The van der Waals surface area contributed by atoms with E-state index in [9.17, 15) is 13.2 Å². The van der Waals surface area contributed by atoms with Crippen LogP contribution in [0.15, 0.2) is 71.8 Å². The zero-order valence-electron chi connectivity index (χ0n) is 23.6. The van der Waals surface area contributed by atoms with Gasteiger partial charge >= 0.3 is 6.09 Å². The lowest BCUT2D eigenvalue weighted by Crippen LogP contribution is -2.44. The summed E-state index contributed by atoms with van der Waals surface area (Å²) in [5.74, 6) is 1.50. The number of hydrogen-bond donors (Lipinski definition) is 1. The summed E-state index contributed by atoms with van der Waals surface area (Å²) in [5.41, 5.74) is 2.16. The molecule has 1 N–H and O–H groups in total. The molecule has 1 aliphatic carbocycles. The van der Waals surface area contributed by atoms with E-state index in [1.165, 1.54) is 4.68 Å². The third kappa shape index (κ3) is 5.23. The average molecular weight is 589 g/mol. The Morgan fingerprint density at radius 1 is 1.10 bits per heavy atom. The van der Waals surface area contributed by atoms with Gasteiger partial charge < -0.3 is 14.4 Å². The zero-order chi connectivity index (χ0) is 29.5. The minimum Gasteiger partial charge on any atom is -0.410 e. The number of morpholine rings is 1. The van der Waals surface area contributed by atoms with Gasteiger partial charge in [0.15, 0.2) is 15.7 Å². The van der Waals surface area contributed by atoms with Crippen LogP contribution in [0.25, 0.3) is 11.4 Å². The molecule has 0 unspecified atom stereocenters. The van der Waals surface area contributed by atoms with E-state index in [1.54, 1.807) is 68.7 Å². The number of benzene rings is 2. The van der Waals surface area contributed by atoms with E-state index in [1.807, 2.05) is 12.1 Å². The van der Waals surface area contributed by atoms with Crippen molar-refractivity contribution in [1.82, 2.24) is 19.7 Å². The van der Waals surface area contributed by atoms with Gasteiger partial charge in [0.2, 0.25) is 0 Å². The molecule has 6 rings (SSSR count). The lowest BCUT2D eigenvalue weighted by molar-refractivity contribution is 0.0985. The molecule has 1 saturated heterocycles. The number of aryl methyl sites for hydroxylation is 2. The fourth-order valence-corrected chi connectivity index (χ4v) is 7.44. The number of aromatic nitrogens is 4. The second-order valence-electron chi connectivity index (χ2n) is 10.7. The maximum Gasteiger partial charge on any atom is 0.417 e. The molecule has 0 radical (unpaired) electrons. The standard InChI is InChI=1S/C30H32N6O5S/c1-20-19-40-16-15-36(20)27-17-26(30(13-14-30)42(38,39)25-18-35(3)34-21(25)2)32-28(33-27)22-9-11-23(12-10-22)31-29(37)41-24-7-5-4-6-8-24/h4-12,17-18,20H,13-16,19H2,1-3H3,(H,31,37)/t20-/m0/s1. The number of rotatable bonds is 7. The molecule has 0 bridgehead atoms. The monoisotopic (exact) mass is 588 g/mol. The Kier molecular flexibility index (Phi) is 7.19. The van der Waals surface area contributed by atoms with Gasteiger partial charge in [-0.2, -0.15) is 5.10 Å². The molecule has 12 heteroatoms. The predicted molar refractivity (Wildman–Crippen MR) is 157 cm³/mol. The number of amides is 1. The van der Waals surface area contributed by atoms with Crippen LogP contribution in [0.4, 0.5) is 16.3 Å². The normalized spacial score (nSPS) is 18.0. The van der Waals surface area contributed by atoms with Gasteiger partial charge in [-0.1, -0.05) is 18.2 Å². The molecular formula is C30H32N6O5S. The van der Waals surface area contributed by atoms with E-state index in [4.69, 9.17) is 19.4 Å². The van der Waals surface area contributed by atoms with Crippen molar-refractivity contribution in [2.24, 2.45) is 7.05 Å². The first-order valence-corrected chi connectivity index (χ1v) is 15.3. The number of para-hydroxylation sites is 1. The van der Waals surface area contributed by atoms with Crippen LogP contribution in [-0.2, 0) is 26.4 Å². The minimum absolute atomic E-state index is 0.0591. The number of hydrogen-bond acceptors (Lipinski definition) is 9. The molecule has 2 aromatic heterocycles. The summed E-state index contributed by atoms with van der Waals surface area (Å²) in [6.45, 7) is 5.49. The van der Waals surface area contributed by atoms with Gasteiger partial charge in [0.1, 0.15) is 21.2 Å². The first-order valence-electron chi connectivity index (χ1n) is 13.8. The summed E-state index contributed by atoms with van der Waals surface area (Å²) in [6.07, 6.45) is 1.88. The maximum absolute atomic E-state index is 14.0. The summed E-state index contributed by atoms with van der Waals surface area (Å²) in [6, 6.07) is 17.7. The minimum atomic E-state index is -3.77. The van der Waals surface area contributed by atoms with E-state index in [2.05, 4.69) is 22.2 Å². The van der Waals surface area contributed by atoms with Crippen molar-refractivity contribution in [2.45, 2.75) is 42.4 Å². The van der Waals surface area contributed by atoms with E-state index < -0.39 is 20.7 Å². The summed E-state index contributed by atoms with van der Waals surface area (Å²) in [4.78, 5) is 24.4. The Bertz CT molecular complexity index is 1720. The van der Waals surface area contributed by atoms with Crippen molar-refractivity contribution in [3.05, 3.63) is 78.2 Å². The van der Waals surface area contributed by atoms with Crippen LogP contribution in [-0.4, -0.2) is 60.1 Å². The van der Waals surface area contributed by atoms with Gasteiger partial charge in [0.05, 0.1) is 30.6 Å². The molecule has 2 aromatic carbocycles. The van der Waals surface area contributed by atoms with Crippen LogP contribution in [0.2, 0.25) is 0 Å². The Morgan fingerprint density at radius 2 is 1.83 bits per heavy atom. The Balaban J connectivity index is 1.34. The number of anilines is 2. The van der Waals surface area contributed by atoms with Crippen molar-refractivity contribution in [3.8, 4) is 17.1 Å². The van der Waals surface area contributed by atoms with E-state index in [0.717, 1.165) is 0 Å². The van der Waals surface area contributed by atoms with Gasteiger partial charge in [-0.05, 0) is 63.1 Å². The fraction of sp³-hybridized carbons (Fsp3) is 0.333. The molecule has 218 valence electrons. The average Bonchev–Trinajstić information content (AvgIpc) is 3.73. The Hall–Kier alpha value is -4.29. The molecular weight excluding hydrogens is 556 g/mol. The van der Waals surface area contributed by atoms with Gasteiger partial charge in [0, 0.05) is 37.1 Å². The van der Waals surface area contributed by atoms with Gasteiger partial charge in [0.25, 0.3) is 0 Å². The van der Waals surface area contributed by atoms with E-state index >= 15 is 0 Å². The van der Waals surface area contributed by atoms with E-state index in [0.29, 0.717) is 72.6 Å². The number of carbonyl (C=O) groups excluding carboxylic acids is 1. The molecule has 2 fully saturated rings. The molecule has 0 spiro atoms. The molecule has 1 aliphatic heterocycles. The lowest BCUT2D eigenvalue weighted by atomic mass is 10.1. The highest BCUT2D eigenvalue weighted by Gasteiger charge is 2.58. The fourth-order valence-electron chi connectivity index (χ4n) is 5.28. The third-order valence-corrected chi connectivity index (χ3v) is 10.3. The topological polar surface area (TPSA) is 129 Å². The van der Waals surface area contributed by atoms with Crippen LogP contribution in [0, 0.1) is 6.92 Å². The molecule has 1 atom stereocenters. The van der Waals surface area contributed by atoms with Gasteiger partial charge in [-0.15, -0.1) is 0 Å². The SMILES string of the molecule is Cc1nn(C)cc1S(=O)(=O)C1(c2cc(N3CCOC[C@@H]3C)nc(-c3ccc(NC(=O)Oc4ccccc4)cc3)n2)CC1. The molecule has 42 heavy (non-hydrogen) atoms. The second-order valence-corrected chi connectivity index (χ2v) is 12.9. The number of nitrogens with zero attached hydrogens (tertiary/aromatic N) is 5. The highest BCUT2D eigenvalue weighted by Crippen LogP contribution is 2.55. The molecule has 1 saturated carbocycles. The van der Waals surface area contributed by atoms with E-state index in [-0.39, 0.29) is 10.9 Å². The number of carbonyl (C=O) groups is 1. The van der Waals surface area contributed by atoms with Gasteiger partial charge in [-0.25, -0.2) is 23.2 Å². The van der Waals surface area contributed by atoms with Crippen LogP contribution in [0.5, 0.6) is 5.75 Å². The quantitative estimate of drug-likeness (QED) is 0.332. The third-order valence-electron chi connectivity index (χ3n) is 7.66. The molecule has 1 amide bonds. The van der Waals surface area contributed by atoms with Gasteiger partial charge in [-0.3, -0.25) is 10.00 Å². The van der Waals surface area contributed by atoms with Crippen molar-refractivity contribution in [1.29, 1.82) is 0 Å². The smallest absolute Gasteiger partial charge is 0.410 e. The maximum atomic E-state index is 14.0. The summed E-state index contributed by atoms with van der Waals surface area (Å²) in [7, 11) is -2.06. The van der Waals surface area contributed by atoms with Crippen molar-refractivity contribution >= 4 is 27.4 Å². The number of nitrogens with one attached hydrogen (secondary N) is 1. The summed E-state index contributed by atoms with van der Waals surface area (Å²) in [5, 5.41) is 6.99. The van der Waals surface area contributed by atoms with Crippen molar-refractivity contribution in [3.63, 3.8) is 0 Å². The van der Waals surface area contributed by atoms with Crippen molar-refractivity contribution < 1.29 is 22.7 Å². The largest absolute Gasteiger partial charge is 0.417 e. The van der Waals surface area contributed by atoms with Crippen LogP contribution < -0.4 is 15.0 Å². The van der Waals surface area contributed by atoms with Crippen LogP contribution in [0.1, 0.15) is 31.2 Å². The molecule has 2 aliphatic rings. The highest BCUT2D eigenvalue weighted by atomic mass is 32.2. The summed E-state index contributed by atoms with van der Waals surface area (Å²) < 4.78 is 39.4. The second kappa shape index (κ2) is 10.8. The van der Waals surface area contributed by atoms with Crippen LogP contribution >= 0.6 is 0 Å². The summed E-state index contributed by atoms with van der Waals surface area (Å²) >= 11 is 0.